The van der Waals surface area contributed by atoms with Gasteiger partial charge < -0.3 is 20.0 Å². The van der Waals surface area contributed by atoms with Crippen LogP contribution in [0.15, 0.2) is 73.3 Å². The summed E-state index contributed by atoms with van der Waals surface area (Å²) in [6, 6.07) is 17.1. The first-order chi connectivity index (χ1) is 13.1. The summed E-state index contributed by atoms with van der Waals surface area (Å²) < 4.78 is 8.01. The number of imidazole rings is 1. The summed E-state index contributed by atoms with van der Waals surface area (Å²) in [5.74, 6) is 0.943. The van der Waals surface area contributed by atoms with Crippen molar-refractivity contribution < 1.29 is 9.53 Å². The third kappa shape index (κ3) is 3.32. The first kappa shape index (κ1) is 16.7. The van der Waals surface area contributed by atoms with E-state index in [4.69, 9.17) is 10.5 Å². The molecule has 6 nitrogen and oxygen atoms in total. The molecule has 4 aromatic rings. The minimum absolute atomic E-state index is 0.455. The molecule has 134 valence electrons. The van der Waals surface area contributed by atoms with Crippen LogP contribution in [0, 0.1) is 6.92 Å². The predicted octanol–water partition coefficient (Wildman–Crippen LogP) is 4.07. The number of carbonyl (C=O) groups excluding carboxylic acids is 1. The van der Waals surface area contributed by atoms with Crippen LogP contribution in [0.25, 0.3) is 16.9 Å². The van der Waals surface area contributed by atoms with Gasteiger partial charge in [0.05, 0.1) is 17.6 Å². The molecular weight excluding hydrogens is 340 g/mol. The van der Waals surface area contributed by atoms with Crippen molar-refractivity contribution in [1.82, 2.24) is 14.5 Å². The second-order valence-electron chi connectivity index (χ2n) is 6.15. The van der Waals surface area contributed by atoms with E-state index in [-0.39, 0.29) is 0 Å². The van der Waals surface area contributed by atoms with Gasteiger partial charge >= 0.3 is 0 Å². The van der Waals surface area contributed by atoms with Gasteiger partial charge in [-0.3, -0.25) is 4.79 Å². The van der Waals surface area contributed by atoms with Gasteiger partial charge in [0.15, 0.2) is 0 Å². The van der Waals surface area contributed by atoms with E-state index in [9.17, 15) is 4.79 Å². The summed E-state index contributed by atoms with van der Waals surface area (Å²) in [5.41, 5.74) is 9.27. The van der Waals surface area contributed by atoms with Crippen LogP contribution >= 0.6 is 0 Å². The number of primary amides is 1. The number of amides is 1. The lowest BCUT2D eigenvalue weighted by molar-refractivity contribution is 0.1000. The Balaban J connectivity index is 1.64. The Morgan fingerprint density at radius 3 is 2.59 bits per heavy atom. The molecule has 0 saturated carbocycles. The number of nitrogens with one attached hydrogen (secondary N) is 1. The Bertz CT molecular complexity index is 1080. The van der Waals surface area contributed by atoms with Gasteiger partial charge in [-0.05, 0) is 49.4 Å². The molecule has 4 rings (SSSR count). The zero-order valence-corrected chi connectivity index (χ0v) is 14.7. The normalized spacial score (nSPS) is 10.7. The van der Waals surface area contributed by atoms with Crippen LogP contribution in [0.5, 0.6) is 11.5 Å². The van der Waals surface area contributed by atoms with Crippen molar-refractivity contribution in [3.8, 4) is 28.4 Å². The van der Waals surface area contributed by atoms with Gasteiger partial charge in [-0.15, -0.1) is 0 Å². The molecule has 0 bridgehead atoms. The van der Waals surface area contributed by atoms with E-state index in [2.05, 4.69) is 9.97 Å². The minimum atomic E-state index is -0.455. The average molecular weight is 358 g/mol. The van der Waals surface area contributed by atoms with Crippen molar-refractivity contribution in [1.29, 1.82) is 0 Å². The predicted molar refractivity (Wildman–Crippen MR) is 103 cm³/mol. The maximum Gasteiger partial charge on any atom is 0.250 e. The van der Waals surface area contributed by atoms with Crippen molar-refractivity contribution in [2.24, 2.45) is 5.73 Å². The van der Waals surface area contributed by atoms with Crippen LogP contribution in [-0.2, 0) is 0 Å². The van der Waals surface area contributed by atoms with Crippen molar-refractivity contribution in [3.05, 3.63) is 84.6 Å². The highest BCUT2D eigenvalue weighted by atomic mass is 16.5. The number of aromatic nitrogens is 3. The van der Waals surface area contributed by atoms with Crippen molar-refractivity contribution in [2.45, 2.75) is 6.92 Å². The highest BCUT2D eigenvalue weighted by molar-refractivity contribution is 5.95. The summed E-state index contributed by atoms with van der Waals surface area (Å²) in [6.45, 7) is 1.82. The molecule has 0 fully saturated rings. The number of rotatable bonds is 5. The van der Waals surface area contributed by atoms with E-state index in [1.165, 1.54) is 0 Å². The topological polar surface area (TPSA) is 85.9 Å². The summed E-state index contributed by atoms with van der Waals surface area (Å²) in [4.78, 5) is 18.8. The first-order valence-electron chi connectivity index (χ1n) is 8.47. The van der Waals surface area contributed by atoms with Crippen LogP contribution in [0.3, 0.4) is 0 Å². The quantitative estimate of drug-likeness (QED) is 0.564. The maximum absolute atomic E-state index is 11.5. The summed E-state index contributed by atoms with van der Waals surface area (Å²) in [5, 5.41) is 0. The van der Waals surface area contributed by atoms with Crippen molar-refractivity contribution in [3.63, 3.8) is 0 Å². The zero-order valence-electron chi connectivity index (χ0n) is 14.7. The molecule has 2 aromatic heterocycles. The van der Waals surface area contributed by atoms with Gasteiger partial charge in [0, 0.05) is 29.3 Å². The molecule has 27 heavy (non-hydrogen) atoms. The van der Waals surface area contributed by atoms with Gasteiger partial charge in [0.2, 0.25) is 0 Å². The molecule has 0 radical (unpaired) electrons. The summed E-state index contributed by atoms with van der Waals surface area (Å²) in [7, 11) is 0. The van der Waals surface area contributed by atoms with E-state index < -0.39 is 5.91 Å². The zero-order chi connectivity index (χ0) is 18.8. The summed E-state index contributed by atoms with van der Waals surface area (Å²) in [6.07, 6.45) is 5.36. The third-order valence-corrected chi connectivity index (χ3v) is 4.32. The average Bonchev–Trinajstić information content (AvgIpc) is 3.33. The number of ether oxygens (including phenoxy) is 1. The van der Waals surface area contributed by atoms with Gasteiger partial charge in [0.25, 0.3) is 5.91 Å². The Kier molecular flexibility index (Phi) is 4.22. The number of aryl methyl sites for hydroxylation is 1. The molecule has 6 heteroatoms. The van der Waals surface area contributed by atoms with Gasteiger partial charge in [-0.25, -0.2) is 4.98 Å². The Hall–Kier alpha value is -3.80. The SMILES string of the molecule is Cc1[nH]c(-c2ccccc2Oc2ccc(-n3ccnc3)cc2)cc1C(N)=O. The lowest BCUT2D eigenvalue weighted by atomic mass is 10.1. The molecule has 0 atom stereocenters. The fraction of sp³-hybridized carbons (Fsp3) is 0.0476. The van der Waals surface area contributed by atoms with Crippen molar-refractivity contribution >= 4 is 5.91 Å². The number of benzene rings is 2. The van der Waals surface area contributed by atoms with Crippen LogP contribution in [0.4, 0.5) is 0 Å². The summed E-state index contributed by atoms with van der Waals surface area (Å²) >= 11 is 0. The fourth-order valence-corrected chi connectivity index (χ4v) is 2.96. The monoisotopic (exact) mass is 358 g/mol. The number of para-hydroxylation sites is 1. The number of carbonyl (C=O) groups is 1. The molecule has 0 saturated heterocycles. The van der Waals surface area contributed by atoms with E-state index in [0.717, 1.165) is 22.6 Å². The number of H-pyrrole nitrogens is 1. The second-order valence-corrected chi connectivity index (χ2v) is 6.15. The number of hydrogen-bond acceptors (Lipinski definition) is 3. The van der Waals surface area contributed by atoms with E-state index in [1.54, 1.807) is 18.6 Å². The largest absolute Gasteiger partial charge is 0.457 e. The molecule has 1 amide bonds. The Morgan fingerprint density at radius 1 is 1.15 bits per heavy atom. The van der Waals surface area contributed by atoms with E-state index in [0.29, 0.717) is 17.1 Å². The second kappa shape index (κ2) is 6.84. The Labute approximate surface area is 156 Å². The molecule has 0 unspecified atom stereocenters. The smallest absolute Gasteiger partial charge is 0.250 e. The number of aromatic amines is 1. The highest BCUT2D eigenvalue weighted by Gasteiger charge is 2.14. The van der Waals surface area contributed by atoms with Crippen LogP contribution < -0.4 is 10.5 Å². The van der Waals surface area contributed by atoms with Crippen LogP contribution in [-0.4, -0.2) is 20.4 Å². The van der Waals surface area contributed by atoms with Crippen LogP contribution in [0.2, 0.25) is 0 Å². The molecule has 0 aliphatic rings. The lowest BCUT2D eigenvalue weighted by Gasteiger charge is -2.11. The highest BCUT2D eigenvalue weighted by Crippen LogP contribution is 2.33. The first-order valence-corrected chi connectivity index (χ1v) is 8.47. The molecule has 0 aliphatic carbocycles. The van der Waals surface area contributed by atoms with E-state index in [1.807, 2.05) is 66.2 Å². The maximum atomic E-state index is 11.5. The number of hydrogen-bond donors (Lipinski definition) is 2. The molecular formula is C21H18N4O2. The third-order valence-electron chi connectivity index (χ3n) is 4.32. The number of nitrogens with zero attached hydrogens (tertiary/aromatic N) is 2. The van der Waals surface area contributed by atoms with Gasteiger partial charge in [-0.2, -0.15) is 0 Å². The minimum Gasteiger partial charge on any atom is -0.457 e. The molecule has 0 spiro atoms. The van der Waals surface area contributed by atoms with Gasteiger partial charge in [-0.1, -0.05) is 12.1 Å². The lowest BCUT2D eigenvalue weighted by Crippen LogP contribution is -2.10. The number of nitrogens with two attached hydrogens (primary N) is 1. The van der Waals surface area contributed by atoms with Crippen molar-refractivity contribution in [2.75, 3.05) is 0 Å². The standard InChI is InChI=1S/C21H18N4O2/c1-14-18(21(22)26)12-19(24-14)17-4-2-3-5-20(17)27-16-8-6-15(7-9-16)25-11-10-23-13-25/h2-13,24H,1H3,(H2,22,26). The fourth-order valence-electron chi connectivity index (χ4n) is 2.96. The van der Waals surface area contributed by atoms with E-state index >= 15 is 0 Å². The molecule has 2 aromatic carbocycles. The van der Waals surface area contributed by atoms with Crippen LogP contribution in [0.1, 0.15) is 16.1 Å². The molecule has 2 heterocycles. The van der Waals surface area contributed by atoms with Gasteiger partial charge in [0.1, 0.15) is 11.5 Å². The molecule has 0 aliphatic heterocycles. The Morgan fingerprint density at radius 2 is 1.93 bits per heavy atom. The molecule has 3 N–H and O–H groups in total.